The number of carbonyl (C=O) groups excluding carboxylic acids is 2. The van der Waals surface area contributed by atoms with Crippen LogP contribution in [0.1, 0.15) is 34.1 Å². The summed E-state index contributed by atoms with van der Waals surface area (Å²) in [6, 6.07) is 0. The zero-order chi connectivity index (χ0) is 61.3. The number of carbonyl (C=O) groups is 2. The summed E-state index contributed by atoms with van der Waals surface area (Å²) in [5.74, 6) is -12.8. The first kappa shape index (κ1) is 74.6. The Hall–Kier alpha value is -3.70. The molecule has 0 aromatic heterocycles. The molecule has 500 valence electrons. The van der Waals surface area contributed by atoms with Crippen LogP contribution in [0, 0.1) is 0 Å². The summed E-state index contributed by atoms with van der Waals surface area (Å²) in [6.45, 7) is -5.82. The molecule has 0 aromatic rings. The number of alkyl carbamates (subject to hydrolysis) is 2. The van der Waals surface area contributed by atoms with E-state index in [0.717, 1.165) is 0 Å². The number of rotatable bonds is 25. The summed E-state index contributed by atoms with van der Waals surface area (Å²) in [4.78, 5) is 23.8. The van der Waals surface area contributed by atoms with Crippen LogP contribution < -0.4 is 10.6 Å². The summed E-state index contributed by atoms with van der Waals surface area (Å²) in [6.07, 6.45) is -38.1. The fourth-order valence-electron chi connectivity index (χ4n) is 9.36. The maximum atomic E-state index is 11.9. The normalized spacial score (nSPS) is 44.5. The minimum Gasteiger partial charge on any atom is -0.447 e. The first-order valence-electron chi connectivity index (χ1n) is 26.0. The summed E-state index contributed by atoms with van der Waals surface area (Å²) < 4.78 is 64.7. The molecule has 2 amide bonds. The Morgan fingerprint density at radius 1 is 0.429 bits per heavy atom. The molecule has 0 bridgehead atoms. The van der Waals surface area contributed by atoms with Gasteiger partial charge < -0.3 is 175 Å². The molecule has 38 heteroatoms. The number of nitrogens with one attached hydrogen (secondary N) is 2. The van der Waals surface area contributed by atoms with E-state index in [2.05, 4.69) is 10.6 Å². The second-order valence-electron chi connectivity index (χ2n) is 20.1. The molecule has 0 spiro atoms. The van der Waals surface area contributed by atoms with Gasteiger partial charge in [-0.15, -0.1) is 0 Å². The van der Waals surface area contributed by atoms with E-state index in [1.54, 1.807) is 13.8 Å². The van der Waals surface area contributed by atoms with Crippen molar-refractivity contribution >= 4 is 12.2 Å². The van der Waals surface area contributed by atoms with E-state index in [0.29, 0.717) is 19.4 Å². The zero-order valence-corrected chi connectivity index (χ0v) is 47.0. The molecule has 23 N–H and O–H groups in total. The molecule has 6 heterocycles. The van der Waals surface area contributed by atoms with Crippen LogP contribution in [0.25, 0.3) is 0 Å². The largest absolute Gasteiger partial charge is 0.447 e. The molecule has 8 unspecified atom stereocenters. The first-order chi connectivity index (χ1) is 38.6. The maximum absolute atomic E-state index is 11.9. The molecular weight excluding hydrogens is 1400 g/mol. The van der Waals surface area contributed by atoms with Crippen LogP contribution in [0.2, 0.25) is 0 Å². The molecule has 0 radical (unpaired) electrons. The van der Waals surface area contributed by atoms with Crippen LogP contribution in [0.4, 0.5) is 9.59 Å². The number of aliphatic hydroxyl groups is 21. The van der Waals surface area contributed by atoms with Gasteiger partial charge in [-0.2, -0.15) is 0 Å². The average molecular weight is 1480 g/mol. The topological polar surface area (TPSA) is 594 Å². The maximum Gasteiger partial charge on any atom is 0.407 e. The summed E-state index contributed by atoms with van der Waals surface area (Å²) >= 11 is 0. The van der Waals surface area contributed by atoms with Crippen molar-refractivity contribution in [3.63, 3.8) is 0 Å². The summed E-state index contributed by atoms with van der Waals surface area (Å²) in [5, 5.41) is 219. The molecule has 0 saturated carbocycles. The quantitative estimate of drug-likeness (QED) is 0.0404. The molecule has 6 fully saturated rings. The van der Waals surface area contributed by atoms with E-state index >= 15 is 0 Å². The van der Waals surface area contributed by atoms with Gasteiger partial charge in [0.25, 0.3) is 0 Å². The molecule has 0 aliphatic carbocycles. The Kier molecular flexibility index (Phi) is 27.9. The summed E-state index contributed by atoms with van der Waals surface area (Å²) in [7, 11) is 0. The van der Waals surface area contributed by atoms with E-state index in [9.17, 15) is 117 Å². The number of amides is 2. The van der Waals surface area contributed by atoms with E-state index in [1.807, 2.05) is 0 Å². The van der Waals surface area contributed by atoms with Gasteiger partial charge in [-0.25, -0.2) is 9.59 Å². The standard InChI is InChI=1S/C23H41NO18.C22H39NO17.CH4.Fm/c1-2-3-24-20(35)37-6-12-15(30)19(34)23(42-12,9-39-22(7-27)18(33)14(29)11(5-26)41-22)38-8-21(36)17(32)16(31)13(28)10(4-25)40-21;1-2-3-23-20(34)35-6-11-14(29)18(33)22(39-11,40-19-16(31)15(30)12(27)9(4-24)37-19)8-36-21(7-26)17(32)13(28)10(5-25)38-21;;/h10-19,25-34,36H,2-9H2,1H3,(H,24,35);9-19,24-33H,2-8H2,1H3,(H,23,34);1H4;/t10?,11-,12-,13-,14+,15+,16+,17?,18?,19?,21-,22-,23-;9?,10-,11-,12-,13+,14+,15+,16?,17?,18?,19-,21-,22+;;/m11../s1. The van der Waals surface area contributed by atoms with Crippen molar-refractivity contribution in [2.24, 2.45) is 0 Å². The van der Waals surface area contributed by atoms with Crippen molar-refractivity contribution in [2.75, 3.05) is 85.8 Å². The Morgan fingerprint density at radius 3 is 1.20 bits per heavy atom. The van der Waals surface area contributed by atoms with Crippen LogP contribution >= 0.6 is 0 Å². The van der Waals surface area contributed by atoms with Gasteiger partial charge in [-0.3, -0.25) is 0 Å². The van der Waals surface area contributed by atoms with Gasteiger partial charge in [-0.1, -0.05) is 21.3 Å². The minimum absolute atomic E-state index is 0. The molecule has 26 atom stereocenters. The molecule has 6 aliphatic heterocycles. The van der Waals surface area contributed by atoms with Crippen molar-refractivity contribution in [1.29, 1.82) is 0 Å². The first-order valence-corrected chi connectivity index (χ1v) is 26.0. The second-order valence-corrected chi connectivity index (χ2v) is 20.1. The smallest absolute Gasteiger partial charge is 0.407 e. The van der Waals surface area contributed by atoms with Gasteiger partial charge in [0.1, 0.15) is 168 Å². The average Bonchev–Trinajstić information content (AvgIpc) is 2.87. The van der Waals surface area contributed by atoms with Gasteiger partial charge in [0.15, 0.2) is 6.29 Å². The van der Waals surface area contributed by atoms with Crippen molar-refractivity contribution in [3.05, 3.63) is 0 Å². The minimum atomic E-state index is -2.85. The van der Waals surface area contributed by atoms with E-state index in [4.69, 9.17) is 56.8 Å². The Balaban J connectivity index is 0.000000430. The molecule has 6 rings (SSSR count). The predicted octanol–water partition coefficient (Wildman–Crippen LogP) is -12.9. The Bertz CT molecular complexity index is 1980. The molecular formula is C46H84FmN2O35. The number of hydrogen-bond acceptors (Lipinski definition) is 35. The van der Waals surface area contributed by atoms with Crippen LogP contribution in [0.15, 0.2) is 0 Å². The molecule has 6 aliphatic rings. The van der Waals surface area contributed by atoms with Gasteiger partial charge >= 0.3 is 12.2 Å². The zero-order valence-electron chi connectivity index (χ0n) is 44.6. The molecule has 84 heavy (non-hydrogen) atoms. The third-order valence-corrected chi connectivity index (χ3v) is 14.4. The van der Waals surface area contributed by atoms with Crippen molar-refractivity contribution in [1.82, 2.24) is 10.6 Å². The van der Waals surface area contributed by atoms with Gasteiger partial charge in [0.2, 0.25) is 28.9 Å². The van der Waals surface area contributed by atoms with E-state index < -0.39 is 242 Å². The third-order valence-electron chi connectivity index (χ3n) is 14.4. The van der Waals surface area contributed by atoms with Crippen LogP contribution in [-0.4, -0.2) is 362 Å². The number of hydrogen-bond donors (Lipinski definition) is 23. The van der Waals surface area contributed by atoms with Gasteiger partial charge in [0.05, 0.1) is 26.4 Å². The number of ether oxygens (including phenoxy) is 12. The molecule has 37 nitrogen and oxygen atoms in total. The second kappa shape index (κ2) is 31.5. The summed E-state index contributed by atoms with van der Waals surface area (Å²) in [5.41, 5.74) is 0. The van der Waals surface area contributed by atoms with Crippen LogP contribution in [0.5, 0.6) is 0 Å². The molecule has 6 saturated heterocycles. The SMILES string of the molecule is C.CCCNC(=O)OC[C@H]1O[C@@](CO[C@]2(CO)O[C@H](CO)[C@H](O)C2O)(OC[C@@]2(O)OC(CO)[C@@H](O)[C@H](O)C2O)C(O)[C@H]1O.CCCNC(=O)OC[C@H]1O[C@@](CO[C@]2(CO)O[C@H](CO)[C@H](O)C2O)(O[C@H]2OC(CO)[C@@H](O)[C@H](O)C2O)C(O)[C@H]1O.[Fm]. The third kappa shape index (κ3) is 15.6. The van der Waals surface area contributed by atoms with Crippen LogP contribution in [-0.2, 0) is 56.8 Å². The predicted molar refractivity (Wildman–Crippen MR) is 260 cm³/mol. The fourth-order valence-corrected chi connectivity index (χ4v) is 9.36. The Labute approximate surface area is 473 Å². The van der Waals surface area contributed by atoms with E-state index in [1.165, 1.54) is 0 Å². The van der Waals surface area contributed by atoms with Gasteiger partial charge in [0, 0.05) is 13.1 Å². The van der Waals surface area contributed by atoms with Gasteiger partial charge in [-0.05, 0) is 12.8 Å². The van der Waals surface area contributed by atoms with E-state index in [-0.39, 0.29) is 14.0 Å². The Morgan fingerprint density at radius 2 is 0.786 bits per heavy atom. The van der Waals surface area contributed by atoms with Crippen molar-refractivity contribution in [2.45, 2.75) is 191 Å². The fraction of sp³-hybridized carbons (Fsp3) is 0.957. The van der Waals surface area contributed by atoms with Crippen LogP contribution in [0.3, 0.4) is 0 Å². The monoisotopic (exact) mass is 1480 g/mol. The number of aliphatic hydroxyl groups excluding tert-OH is 20. The van der Waals surface area contributed by atoms with Crippen molar-refractivity contribution < 1.29 is 174 Å². The molecule has 0 aromatic carbocycles. The van der Waals surface area contributed by atoms with Crippen molar-refractivity contribution in [3.8, 4) is 0 Å².